The topological polar surface area (TPSA) is 17.1 Å². The average Bonchev–Trinajstić information content (AvgIpc) is 1.86. The number of ketones is 1. The van der Waals surface area contributed by atoms with Crippen LogP contribution in [0, 0.1) is 0 Å². The van der Waals surface area contributed by atoms with Gasteiger partial charge >= 0.3 is 0 Å². The Balaban J connectivity index is 3.37. The molecule has 0 aliphatic carbocycles. The molecule has 0 spiro atoms. The zero-order valence-corrected chi connectivity index (χ0v) is 7.23. The van der Waals surface area contributed by atoms with Crippen LogP contribution in [0.3, 0.4) is 0 Å². The van der Waals surface area contributed by atoms with Crippen molar-refractivity contribution in [2.75, 3.05) is 0 Å². The molecule has 0 rings (SSSR count). The second-order valence-electron chi connectivity index (χ2n) is 2.81. The number of carbonyl (C=O) groups is 1. The Hall–Kier alpha value is -0.850. The molecular formula is C10H16O. The first kappa shape index (κ1) is 10.2. The van der Waals surface area contributed by atoms with Gasteiger partial charge in [-0.05, 0) is 26.2 Å². The lowest BCUT2D eigenvalue weighted by Crippen LogP contribution is -1.92. The van der Waals surface area contributed by atoms with E-state index in [0.29, 0.717) is 6.42 Å². The maximum atomic E-state index is 10.6. The van der Waals surface area contributed by atoms with Crippen molar-refractivity contribution in [1.82, 2.24) is 0 Å². The zero-order chi connectivity index (χ0) is 8.69. The predicted octanol–water partition coefficient (Wildman–Crippen LogP) is 2.88. The molecule has 0 atom stereocenters. The van der Waals surface area contributed by atoms with Gasteiger partial charge in [-0.25, -0.2) is 0 Å². The van der Waals surface area contributed by atoms with Crippen LogP contribution in [0.25, 0.3) is 0 Å². The summed E-state index contributed by atoms with van der Waals surface area (Å²) in [6.45, 7) is 9.03. The summed E-state index contributed by atoms with van der Waals surface area (Å²) < 4.78 is 0. The molecule has 1 nitrogen and oxygen atoms in total. The quantitative estimate of drug-likeness (QED) is 0.422. The van der Waals surface area contributed by atoms with Gasteiger partial charge in [-0.3, -0.25) is 4.79 Å². The number of allylic oxidation sites excluding steroid dienone is 2. The molecule has 0 aromatic carbocycles. The summed E-state index contributed by atoms with van der Waals surface area (Å²) in [5.74, 6) is 0.202. The van der Waals surface area contributed by atoms with E-state index in [1.165, 1.54) is 0 Å². The summed E-state index contributed by atoms with van der Waals surface area (Å²) in [5, 5.41) is 0. The van der Waals surface area contributed by atoms with Crippen molar-refractivity contribution in [2.45, 2.75) is 32.6 Å². The fourth-order valence-corrected chi connectivity index (χ4v) is 0.937. The standard InChI is InChI=1S/C10H16O/c1-4-5-6-7-9(2)8-10(3)11/h4H,1-2,5-8H2,3H3. The van der Waals surface area contributed by atoms with Crippen molar-refractivity contribution in [3.05, 3.63) is 24.8 Å². The van der Waals surface area contributed by atoms with Gasteiger partial charge in [-0.15, -0.1) is 6.58 Å². The minimum Gasteiger partial charge on any atom is -0.300 e. The number of rotatable bonds is 6. The molecule has 0 unspecified atom stereocenters. The van der Waals surface area contributed by atoms with E-state index in [1.807, 2.05) is 6.08 Å². The van der Waals surface area contributed by atoms with E-state index < -0.39 is 0 Å². The van der Waals surface area contributed by atoms with Crippen LogP contribution in [0.4, 0.5) is 0 Å². The van der Waals surface area contributed by atoms with Crippen LogP contribution in [0.2, 0.25) is 0 Å². The summed E-state index contributed by atoms with van der Waals surface area (Å²) >= 11 is 0. The van der Waals surface area contributed by atoms with Gasteiger partial charge in [0.15, 0.2) is 0 Å². The summed E-state index contributed by atoms with van der Waals surface area (Å²) in [5.41, 5.74) is 1.04. The van der Waals surface area contributed by atoms with Crippen molar-refractivity contribution in [3.8, 4) is 0 Å². The predicted molar refractivity (Wildman–Crippen MR) is 48.5 cm³/mol. The zero-order valence-electron chi connectivity index (χ0n) is 7.23. The number of hydrogen-bond acceptors (Lipinski definition) is 1. The fourth-order valence-electron chi connectivity index (χ4n) is 0.937. The summed E-state index contributed by atoms with van der Waals surface area (Å²) in [4.78, 5) is 10.6. The van der Waals surface area contributed by atoms with Crippen LogP contribution in [0.1, 0.15) is 32.6 Å². The molecule has 0 fully saturated rings. The Bertz CT molecular complexity index is 156. The van der Waals surface area contributed by atoms with Gasteiger partial charge in [0.2, 0.25) is 0 Å². The van der Waals surface area contributed by atoms with Crippen molar-refractivity contribution in [3.63, 3.8) is 0 Å². The van der Waals surface area contributed by atoms with E-state index in [4.69, 9.17) is 0 Å². The maximum absolute atomic E-state index is 10.6. The van der Waals surface area contributed by atoms with Gasteiger partial charge in [0.1, 0.15) is 5.78 Å². The molecule has 0 aromatic heterocycles. The minimum absolute atomic E-state index is 0.202. The average molecular weight is 152 g/mol. The highest BCUT2D eigenvalue weighted by atomic mass is 16.1. The number of carbonyl (C=O) groups excluding carboxylic acids is 1. The largest absolute Gasteiger partial charge is 0.300 e. The van der Waals surface area contributed by atoms with Crippen molar-refractivity contribution < 1.29 is 4.79 Å². The summed E-state index contributed by atoms with van der Waals surface area (Å²) in [6, 6.07) is 0. The molecule has 0 saturated heterocycles. The van der Waals surface area contributed by atoms with Gasteiger partial charge in [0.05, 0.1) is 0 Å². The molecule has 62 valence electrons. The van der Waals surface area contributed by atoms with Crippen LogP contribution >= 0.6 is 0 Å². The highest BCUT2D eigenvalue weighted by Crippen LogP contribution is 2.09. The molecule has 0 aromatic rings. The SMILES string of the molecule is C=CCCCC(=C)CC(C)=O. The van der Waals surface area contributed by atoms with Crippen LogP contribution in [0.5, 0.6) is 0 Å². The fraction of sp³-hybridized carbons (Fsp3) is 0.500. The molecule has 0 saturated carbocycles. The number of hydrogen-bond donors (Lipinski definition) is 0. The van der Waals surface area contributed by atoms with Crippen molar-refractivity contribution in [2.24, 2.45) is 0 Å². The first-order valence-electron chi connectivity index (χ1n) is 3.93. The number of Topliss-reactive ketones (excluding diaryl/α,β-unsaturated/α-hetero) is 1. The second-order valence-corrected chi connectivity index (χ2v) is 2.81. The monoisotopic (exact) mass is 152 g/mol. The van der Waals surface area contributed by atoms with Crippen LogP contribution in [0.15, 0.2) is 24.8 Å². The van der Waals surface area contributed by atoms with E-state index in [1.54, 1.807) is 6.92 Å². The van der Waals surface area contributed by atoms with Gasteiger partial charge in [-0.1, -0.05) is 18.2 Å². The lowest BCUT2D eigenvalue weighted by molar-refractivity contribution is -0.116. The Morgan fingerprint density at radius 2 is 2.18 bits per heavy atom. The summed E-state index contributed by atoms with van der Waals surface area (Å²) in [7, 11) is 0. The molecule has 0 amide bonds. The normalized spacial score (nSPS) is 9.18. The first-order chi connectivity index (χ1) is 5.16. The highest BCUT2D eigenvalue weighted by molar-refractivity contribution is 5.77. The molecule has 1 heteroatoms. The van der Waals surface area contributed by atoms with Crippen LogP contribution in [-0.2, 0) is 4.79 Å². The van der Waals surface area contributed by atoms with E-state index in [-0.39, 0.29) is 5.78 Å². The van der Waals surface area contributed by atoms with E-state index in [2.05, 4.69) is 13.2 Å². The third-order valence-electron chi connectivity index (χ3n) is 1.44. The molecule has 0 N–H and O–H groups in total. The molecule has 0 heterocycles. The highest BCUT2D eigenvalue weighted by Gasteiger charge is 1.97. The lowest BCUT2D eigenvalue weighted by Gasteiger charge is -2.00. The van der Waals surface area contributed by atoms with Gasteiger partial charge < -0.3 is 0 Å². The molecule has 0 bridgehead atoms. The van der Waals surface area contributed by atoms with Crippen molar-refractivity contribution in [1.29, 1.82) is 0 Å². The second kappa shape index (κ2) is 5.90. The van der Waals surface area contributed by atoms with E-state index in [0.717, 1.165) is 24.8 Å². The Labute approximate surface area is 68.8 Å². The smallest absolute Gasteiger partial charge is 0.133 e. The Kier molecular flexibility index (Phi) is 5.44. The molecule has 0 aliphatic heterocycles. The van der Waals surface area contributed by atoms with E-state index in [9.17, 15) is 4.79 Å². The van der Waals surface area contributed by atoms with Gasteiger partial charge in [0, 0.05) is 6.42 Å². The third-order valence-corrected chi connectivity index (χ3v) is 1.44. The molecule has 0 aliphatic rings. The molecule has 0 radical (unpaired) electrons. The van der Waals surface area contributed by atoms with Gasteiger partial charge in [0.25, 0.3) is 0 Å². The van der Waals surface area contributed by atoms with E-state index >= 15 is 0 Å². The number of unbranched alkanes of at least 4 members (excludes halogenated alkanes) is 1. The minimum atomic E-state index is 0.202. The van der Waals surface area contributed by atoms with Crippen LogP contribution < -0.4 is 0 Å². The van der Waals surface area contributed by atoms with Crippen molar-refractivity contribution >= 4 is 5.78 Å². The maximum Gasteiger partial charge on any atom is 0.133 e. The molecular weight excluding hydrogens is 136 g/mol. The third kappa shape index (κ3) is 7.04. The summed E-state index contributed by atoms with van der Waals surface area (Å²) in [6.07, 6.45) is 5.45. The van der Waals surface area contributed by atoms with Gasteiger partial charge in [-0.2, -0.15) is 0 Å². The Morgan fingerprint density at radius 3 is 2.64 bits per heavy atom. The lowest BCUT2D eigenvalue weighted by atomic mass is 10.1. The first-order valence-corrected chi connectivity index (χ1v) is 3.93. The Morgan fingerprint density at radius 1 is 1.55 bits per heavy atom. The molecule has 11 heavy (non-hydrogen) atoms. The van der Waals surface area contributed by atoms with Crippen LogP contribution in [-0.4, -0.2) is 5.78 Å².